The third-order valence-corrected chi connectivity index (χ3v) is 3.14. The largest absolute Gasteiger partial charge is 0.293 e. The lowest BCUT2D eigenvalue weighted by molar-refractivity contribution is 0.225. The Bertz CT molecular complexity index is 188. The summed E-state index contributed by atoms with van der Waals surface area (Å²) < 4.78 is 12.2. The summed E-state index contributed by atoms with van der Waals surface area (Å²) in [6, 6.07) is 1.22. The molecule has 0 aromatic rings. The Morgan fingerprint density at radius 1 is 1.50 bits per heavy atom. The molecule has 0 radical (unpaired) electrons. The molecular weight excluding hydrogens is 153 g/mol. The molecule has 2 heterocycles. The van der Waals surface area contributed by atoms with Gasteiger partial charge in [-0.1, -0.05) is 12.2 Å². The molecule has 0 aromatic carbocycles. The van der Waals surface area contributed by atoms with Crippen LogP contribution in [0.15, 0.2) is 12.2 Å². The minimum atomic E-state index is -0.166. The van der Waals surface area contributed by atoms with Gasteiger partial charge in [-0.15, -0.1) is 0 Å². The molecule has 2 heteroatoms. The molecule has 0 aliphatic carbocycles. The molecule has 0 aromatic heterocycles. The van der Waals surface area contributed by atoms with Crippen molar-refractivity contribution in [3.63, 3.8) is 0 Å². The fourth-order valence-electron chi connectivity index (χ4n) is 2.58. The van der Waals surface area contributed by atoms with Crippen LogP contribution in [0.4, 0.5) is 4.39 Å². The maximum absolute atomic E-state index is 12.2. The van der Waals surface area contributed by atoms with Crippen molar-refractivity contribution in [2.45, 2.75) is 37.8 Å². The molecule has 0 spiro atoms. The highest BCUT2D eigenvalue weighted by molar-refractivity contribution is 5.11. The van der Waals surface area contributed by atoms with E-state index in [1.807, 2.05) is 0 Å². The summed E-state index contributed by atoms with van der Waals surface area (Å²) >= 11 is 0. The van der Waals surface area contributed by atoms with E-state index in [1.54, 1.807) is 0 Å². The fourth-order valence-corrected chi connectivity index (χ4v) is 2.58. The van der Waals surface area contributed by atoms with Gasteiger partial charge in [0.25, 0.3) is 0 Å². The Balaban J connectivity index is 1.98. The lowest BCUT2D eigenvalue weighted by Gasteiger charge is -2.22. The molecule has 68 valence electrons. The third-order valence-electron chi connectivity index (χ3n) is 3.14. The summed E-state index contributed by atoms with van der Waals surface area (Å²) in [5.74, 6) is 0. The molecule has 2 saturated heterocycles. The first-order valence-corrected chi connectivity index (χ1v) is 4.79. The second-order valence-corrected chi connectivity index (χ2v) is 3.99. The number of alkyl halides is 1. The molecular formula is C10H16FN. The van der Waals surface area contributed by atoms with Gasteiger partial charge in [-0.3, -0.25) is 9.29 Å². The zero-order valence-electron chi connectivity index (χ0n) is 7.43. The van der Waals surface area contributed by atoms with Crippen LogP contribution < -0.4 is 0 Å². The quantitative estimate of drug-likeness (QED) is 0.572. The van der Waals surface area contributed by atoms with Crippen molar-refractivity contribution in [3.05, 3.63) is 12.2 Å². The molecule has 1 nitrogen and oxygen atoms in total. The molecule has 0 amide bonds. The second-order valence-electron chi connectivity index (χ2n) is 3.99. The van der Waals surface area contributed by atoms with Gasteiger partial charge in [0, 0.05) is 18.6 Å². The van der Waals surface area contributed by atoms with E-state index < -0.39 is 0 Å². The van der Waals surface area contributed by atoms with Gasteiger partial charge < -0.3 is 0 Å². The molecule has 0 saturated carbocycles. The molecule has 0 unspecified atom stereocenters. The summed E-state index contributed by atoms with van der Waals surface area (Å²) in [4.78, 5) is 2.45. The van der Waals surface area contributed by atoms with Crippen molar-refractivity contribution in [1.82, 2.24) is 4.90 Å². The van der Waals surface area contributed by atoms with Gasteiger partial charge in [-0.25, -0.2) is 0 Å². The molecule has 2 atom stereocenters. The van der Waals surface area contributed by atoms with Crippen LogP contribution in [0.2, 0.25) is 0 Å². The normalized spacial score (nSPS) is 35.9. The lowest BCUT2D eigenvalue weighted by atomic mass is 10.1. The average molecular weight is 169 g/mol. The van der Waals surface area contributed by atoms with E-state index >= 15 is 0 Å². The van der Waals surface area contributed by atoms with Crippen LogP contribution in [0.25, 0.3) is 0 Å². The van der Waals surface area contributed by atoms with Crippen LogP contribution in [0.1, 0.15) is 25.7 Å². The minimum Gasteiger partial charge on any atom is -0.293 e. The van der Waals surface area contributed by atoms with Gasteiger partial charge in [0.2, 0.25) is 0 Å². The number of fused-ring (bicyclic) bond motifs is 1. The van der Waals surface area contributed by atoms with Gasteiger partial charge in [0.1, 0.15) is 0 Å². The molecule has 2 aliphatic heterocycles. The second kappa shape index (κ2) is 3.17. The van der Waals surface area contributed by atoms with Crippen molar-refractivity contribution in [1.29, 1.82) is 0 Å². The van der Waals surface area contributed by atoms with Gasteiger partial charge in [-0.05, 0) is 25.7 Å². The summed E-state index contributed by atoms with van der Waals surface area (Å²) in [6.45, 7) is 4.85. The van der Waals surface area contributed by atoms with Crippen LogP contribution in [0, 0.1) is 0 Å². The van der Waals surface area contributed by atoms with Crippen LogP contribution in [-0.4, -0.2) is 30.2 Å². The van der Waals surface area contributed by atoms with E-state index in [1.165, 1.54) is 18.4 Å². The van der Waals surface area contributed by atoms with Crippen LogP contribution >= 0.6 is 0 Å². The Labute approximate surface area is 73.2 Å². The highest BCUT2D eigenvalue weighted by Crippen LogP contribution is 2.35. The third kappa shape index (κ3) is 1.28. The molecule has 0 bridgehead atoms. The number of nitrogens with zero attached hydrogens (tertiary/aromatic N) is 1. The van der Waals surface area contributed by atoms with Crippen molar-refractivity contribution < 1.29 is 4.39 Å². The highest BCUT2D eigenvalue weighted by Gasteiger charge is 2.37. The van der Waals surface area contributed by atoms with Crippen LogP contribution in [0.5, 0.6) is 0 Å². The maximum atomic E-state index is 12.2. The van der Waals surface area contributed by atoms with E-state index in [0.717, 1.165) is 19.4 Å². The predicted molar refractivity (Wildman–Crippen MR) is 47.9 cm³/mol. The summed E-state index contributed by atoms with van der Waals surface area (Å²) in [5, 5.41) is 0. The monoisotopic (exact) mass is 169 g/mol. The Kier molecular flexibility index (Phi) is 2.18. The van der Waals surface area contributed by atoms with Gasteiger partial charge >= 0.3 is 0 Å². The Morgan fingerprint density at radius 2 is 2.33 bits per heavy atom. The predicted octanol–water partition coefficient (Wildman–Crippen LogP) is 2.14. The van der Waals surface area contributed by atoms with Crippen molar-refractivity contribution >= 4 is 0 Å². The number of rotatable bonds is 2. The first-order valence-electron chi connectivity index (χ1n) is 4.79. The molecule has 12 heavy (non-hydrogen) atoms. The number of hydrogen-bond donors (Lipinski definition) is 0. The van der Waals surface area contributed by atoms with Gasteiger partial charge in [0.05, 0.1) is 6.67 Å². The Hall–Kier alpha value is -0.370. The lowest BCUT2D eigenvalue weighted by Crippen LogP contribution is -2.31. The minimum absolute atomic E-state index is 0.166. The van der Waals surface area contributed by atoms with E-state index in [0.29, 0.717) is 12.1 Å². The smallest absolute Gasteiger partial charge is 0.0909 e. The fraction of sp³-hybridized carbons (Fsp3) is 0.800. The van der Waals surface area contributed by atoms with Gasteiger partial charge in [0.15, 0.2) is 0 Å². The van der Waals surface area contributed by atoms with Crippen molar-refractivity contribution in [2.24, 2.45) is 0 Å². The van der Waals surface area contributed by atoms with Crippen LogP contribution in [0.3, 0.4) is 0 Å². The van der Waals surface area contributed by atoms with E-state index in [9.17, 15) is 4.39 Å². The molecule has 2 rings (SSSR count). The van der Waals surface area contributed by atoms with E-state index in [4.69, 9.17) is 0 Å². The maximum Gasteiger partial charge on any atom is 0.0909 e. The highest BCUT2D eigenvalue weighted by atomic mass is 19.1. The zero-order valence-corrected chi connectivity index (χ0v) is 7.43. The molecule has 2 aliphatic rings. The average Bonchev–Trinajstić information content (AvgIpc) is 2.52. The standard InChI is InChI=1S/C10H16FN/c1-8-6-10-3-2-9(4-5-11)12(10)7-8/h9-10H,1-7H2/t9-,10-/m0/s1. The van der Waals surface area contributed by atoms with Gasteiger partial charge in [-0.2, -0.15) is 0 Å². The van der Waals surface area contributed by atoms with E-state index in [-0.39, 0.29) is 6.67 Å². The topological polar surface area (TPSA) is 3.24 Å². The molecule has 2 fully saturated rings. The molecule has 0 N–H and O–H groups in total. The van der Waals surface area contributed by atoms with Crippen molar-refractivity contribution in [2.75, 3.05) is 13.2 Å². The van der Waals surface area contributed by atoms with Crippen LogP contribution in [-0.2, 0) is 0 Å². The summed E-state index contributed by atoms with van der Waals surface area (Å²) in [7, 11) is 0. The van der Waals surface area contributed by atoms with E-state index in [2.05, 4.69) is 11.5 Å². The summed E-state index contributed by atoms with van der Waals surface area (Å²) in [6.07, 6.45) is 4.33. The first-order chi connectivity index (χ1) is 5.81. The number of halogens is 1. The number of hydrogen-bond acceptors (Lipinski definition) is 1. The first kappa shape index (κ1) is 8.24. The summed E-state index contributed by atoms with van der Waals surface area (Å²) in [5.41, 5.74) is 1.34. The Morgan fingerprint density at radius 3 is 3.08 bits per heavy atom. The van der Waals surface area contributed by atoms with Crippen molar-refractivity contribution in [3.8, 4) is 0 Å². The zero-order chi connectivity index (χ0) is 8.55. The SMILES string of the molecule is C=C1C[C@@H]2CC[C@@H](CCF)N2C1.